The zero-order valence-corrected chi connectivity index (χ0v) is 11.4. The van der Waals surface area contributed by atoms with Crippen molar-refractivity contribution in [3.63, 3.8) is 0 Å². The first-order valence-electron chi connectivity index (χ1n) is 4.32. The maximum atomic E-state index is 7.52. The first-order chi connectivity index (χ1) is 7.40. The van der Waals surface area contributed by atoms with Crippen LogP contribution in [0.4, 0.5) is 5.69 Å². The second-order valence-electron chi connectivity index (χ2n) is 3.12. The van der Waals surface area contributed by atoms with Crippen molar-refractivity contribution in [2.24, 2.45) is 5.73 Å². The van der Waals surface area contributed by atoms with Gasteiger partial charge in [0.05, 0.1) is 5.69 Å². The highest BCUT2D eigenvalue weighted by Gasteiger charge is 2.07. The lowest BCUT2D eigenvalue weighted by molar-refractivity contribution is 1.20. The second-order valence-corrected chi connectivity index (χ2v) is 4.72. The van der Waals surface area contributed by atoms with Gasteiger partial charge in [0.25, 0.3) is 0 Å². The van der Waals surface area contributed by atoms with Crippen molar-refractivity contribution in [3.8, 4) is 0 Å². The average molecular weight is 352 g/mol. The van der Waals surface area contributed by atoms with Gasteiger partial charge in [-0.2, -0.15) is 0 Å². The predicted octanol–water partition coefficient (Wildman–Crippen LogP) is 2.08. The Balaban J connectivity index is 2.89. The van der Waals surface area contributed by atoms with E-state index in [1.807, 2.05) is 6.92 Å². The van der Waals surface area contributed by atoms with Crippen LogP contribution in [-0.4, -0.2) is 11.9 Å². The number of hydrogen-bond acceptors (Lipinski definition) is 2. The van der Waals surface area contributed by atoms with Crippen LogP contribution in [-0.2, 0) is 0 Å². The van der Waals surface area contributed by atoms with E-state index in [1.54, 1.807) is 12.1 Å². The molecule has 0 saturated heterocycles. The molecule has 0 spiro atoms. The molecule has 1 aromatic carbocycles. The van der Waals surface area contributed by atoms with Crippen LogP contribution in [0.5, 0.6) is 0 Å². The quantitative estimate of drug-likeness (QED) is 0.304. The highest BCUT2D eigenvalue weighted by Crippen LogP contribution is 2.26. The molecule has 0 heterocycles. The van der Waals surface area contributed by atoms with Crippen molar-refractivity contribution in [1.29, 1.82) is 10.8 Å². The molecule has 0 saturated carbocycles. The zero-order valence-electron chi connectivity index (χ0n) is 8.49. The van der Waals surface area contributed by atoms with Gasteiger partial charge in [-0.1, -0.05) is 11.6 Å². The molecule has 6 N–H and O–H groups in total. The Morgan fingerprint density at radius 1 is 1.44 bits per heavy atom. The van der Waals surface area contributed by atoms with Crippen molar-refractivity contribution >= 4 is 51.8 Å². The molecule has 0 aliphatic carbocycles. The van der Waals surface area contributed by atoms with Crippen molar-refractivity contribution in [3.05, 3.63) is 26.3 Å². The summed E-state index contributed by atoms with van der Waals surface area (Å²) in [6, 6.07) is 3.59. The Morgan fingerprint density at radius 2 is 2.06 bits per heavy atom. The minimum atomic E-state index is -0.279. The maximum Gasteiger partial charge on any atom is 0.199 e. The number of nitrogens with two attached hydrogens (primary N) is 1. The van der Waals surface area contributed by atoms with Crippen molar-refractivity contribution in [2.75, 3.05) is 5.32 Å². The molecule has 0 aliphatic heterocycles. The van der Waals surface area contributed by atoms with E-state index >= 15 is 0 Å². The highest BCUT2D eigenvalue weighted by molar-refractivity contribution is 14.1. The second kappa shape index (κ2) is 5.35. The van der Waals surface area contributed by atoms with E-state index in [9.17, 15) is 0 Å². The van der Waals surface area contributed by atoms with E-state index in [-0.39, 0.29) is 11.9 Å². The smallest absolute Gasteiger partial charge is 0.199 e. The summed E-state index contributed by atoms with van der Waals surface area (Å²) < 4.78 is 0.901. The van der Waals surface area contributed by atoms with E-state index in [0.29, 0.717) is 5.02 Å². The molecule has 0 aliphatic rings. The number of guanidine groups is 2. The standard InChI is InChI=1S/C9H11ClIN5/c1-4-2-5(10)3-6(11)7(4)15-9(14)16-8(12)13/h2-3H,1H3,(H6,12,13,14,15,16). The van der Waals surface area contributed by atoms with E-state index in [0.717, 1.165) is 14.8 Å². The Morgan fingerprint density at radius 3 is 2.56 bits per heavy atom. The van der Waals surface area contributed by atoms with Gasteiger partial charge in [0.1, 0.15) is 0 Å². The molecular weight excluding hydrogens is 340 g/mol. The van der Waals surface area contributed by atoms with Gasteiger partial charge in [0, 0.05) is 8.59 Å². The normalized spacial score (nSPS) is 9.69. The van der Waals surface area contributed by atoms with Crippen LogP contribution in [0.3, 0.4) is 0 Å². The topological polar surface area (TPSA) is 97.8 Å². The lowest BCUT2D eigenvalue weighted by Crippen LogP contribution is -2.39. The van der Waals surface area contributed by atoms with Crippen LogP contribution in [0.2, 0.25) is 5.02 Å². The Labute approximate surface area is 112 Å². The average Bonchev–Trinajstić information content (AvgIpc) is 2.09. The fourth-order valence-corrected chi connectivity index (χ4v) is 2.50. The van der Waals surface area contributed by atoms with Gasteiger partial charge >= 0.3 is 0 Å². The van der Waals surface area contributed by atoms with Gasteiger partial charge in [-0.15, -0.1) is 0 Å². The number of nitrogens with one attached hydrogen (secondary N) is 4. The molecule has 0 fully saturated rings. The van der Waals surface area contributed by atoms with Crippen LogP contribution < -0.4 is 16.4 Å². The van der Waals surface area contributed by atoms with Gasteiger partial charge < -0.3 is 11.1 Å². The molecule has 16 heavy (non-hydrogen) atoms. The van der Waals surface area contributed by atoms with Gasteiger partial charge in [0.15, 0.2) is 11.9 Å². The van der Waals surface area contributed by atoms with Crippen LogP contribution in [0.25, 0.3) is 0 Å². The van der Waals surface area contributed by atoms with Crippen molar-refractivity contribution in [1.82, 2.24) is 5.32 Å². The molecule has 1 rings (SSSR count). The summed E-state index contributed by atoms with van der Waals surface area (Å²) in [5, 5.41) is 20.3. The molecule has 7 heteroatoms. The Hall–Kier alpha value is -1.02. The Kier molecular flexibility index (Phi) is 4.36. The van der Waals surface area contributed by atoms with Crippen LogP contribution in [0, 0.1) is 21.3 Å². The van der Waals surface area contributed by atoms with Gasteiger partial charge in [-0.05, 0) is 47.2 Å². The SMILES string of the molecule is Cc1cc(Cl)cc(I)c1NC(=N)NC(=N)N. The monoisotopic (exact) mass is 351 g/mol. The van der Waals surface area contributed by atoms with Crippen LogP contribution in [0.1, 0.15) is 5.56 Å². The molecule has 0 aromatic heterocycles. The molecule has 86 valence electrons. The molecule has 5 nitrogen and oxygen atoms in total. The molecular formula is C9H11ClIN5. The maximum absolute atomic E-state index is 7.52. The molecule has 0 atom stereocenters. The molecule has 0 bridgehead atoms. The number of benzene rings is 1. The summed E-state index contributed by atoms with van der Waals surface area (Å²) in [4.78, 5) is 0. The molecule has 0 unspecified atom stereocenters. The first-order valence-corrected chi connectivity index (χ1v) is 5.78. The van der Waals surface area contributed by atoms with Crippen LogP contribution >= 0.6 is 34.2 Å². The molecule has 1 aromatic rings. The van der Waals surface area contributed by atoms with Crippen molar-refractivity contribution < 1.29 is 0 Å². The fraction of sp³-hybridized carbons (Fsp3) is 0.111. The zero-order chi connectivity index (χ0) is 12.3. The van der Waals surface area contributed by atoms with Crippen molar-refractivity contribution in [2.45, 2.75) is 6.92 Å². The summed E-state index contributed by atoms with van der Waals surface area (Å²) in [6.07, 6.45) is 0. The minimum Gasteiger partial charge on any atom is -0.370 e. The van der Waals surface area contributed by atoms with E-state index in [4.69, 9.17) is 28.2 Å². The number of hydrogen-bond donors (Lipinski definition) is 5. The van der Waals surface area contributed by atoms with E-state index < -0.39 is 0 Å². The lowest BCUT2D eigenvalue weighted by atomic mass is 10.2. The third kappa shape index (κ3) is 3.53. The molecule has 0 radical (unpaired) electrons. The summed E-state index contributed by atoms with van der Waals surface area (Å²) in [5.41, 5.74) is 6.82. The summed E-state index contributed by atoms with van der Waals surface area (Å²) in [5.74, 6) is -0.324. The van der Waals surface area contributed by atoms with Crippen LogP contribution in [0.15, 0.2) is 12.1 Å². The third-order valence-corrected chi connectivity index (χ3v) is 2.83. The number of aryl methyl sites for hydroxylation is 1. The largest absolute Gasteiger partial charge is 0.370 e. The van der Waals surface area contributed by atoms with E-state index in [2.05, 4.69) is 33.2 Å². The number of halogens is 2. The fourth-order valence-electron chi connectivity index (χ4n) is 1.15. The first kappa shape index (κ1) is 13.0. The summed E-state index contributed by atoms with van der Waals surface area (Å²) >= 11 is 8.01. The van der Waals surface area contributed by atoms with Gasteiger partial charge in [-0.25, -0.2) is 0 Å². The molecule has 0 amide bonds. The van der Waals surface area contributed by atoms with Gasteiger partial charge in [-0.3, -0.25) is 16.1 Å². The third-order valence-electron chi connectivity index (χ3n) is 1.76. The highest BCUT2D eigenvalue weighted by atomic mass is 127. The Bertz CT molecular complexity index is 423. The predicted molar refractivity (Wildman–Crippen MR) is 75.3 cm³/mol. The van der Waals surface area contributed by atoms with E-state index in [1.165, 1.54) is 0 Å². The number of rotatable bonds is 1. The summed E-state index contributed by atoms with van der Waals surface area (Å²) in [7, 11) is 0. The summed E-state index contributed by atoms with van der Waals surface area (Å²) in [6.45, 7) is 1.89. The lowest BCUT2D eigenvalue weighted by Gasteiger charge is -2.13. The number of anilines is 1. The minimum absolute atomic E-state index is 0.0455. The van der Waals surface area contributed by atoms with Gasteiger partial charge in [0.2, 0.25) is 0 Å².